The van der Waals surface area contributed by atoms with Crippen LogP contribution >= 0.6 is 0 Å². The Labute approximate surface area is 93.6 Å². The molecule has 0 aromatic heterocycles. The SMILES string of the molecule is CCOC(=O)C(CC)NCCC(C)(C)C. The maximum atomic E-state index is 11.4. The first-order valence-electron chi connectivity index (χ1n) is 5.80. The minimum atomic E-state index is -0.146. The van der Waals surface area contributed by atoms with Gasteiger partial charge in [0, 0.05) is 0 Å². The summed E-state index contributed by atoms with van der Waals surface area (Å²) in [6.45, 7) is 11.7. The molecule has 3 heteroatoms. The Bertz CT molecular complexity index is 185. The van der Waals surface area contributed by atoms with Gasteiger partial charge in [-0.2, -0.15) is 0 Å². The third-order valence-corrected chi connectivity index (χ3v) is 2.25. The average molecular weight is 215 g/mol. The lowest BCUT2D eigenvalue weighted by atomic mass is 9.92. The molecule has 15 heavy (non-hydrogen) atoms. The summed E-state index contributed by atoms with van der Waals surface area (Å²) < 4.78 is 4.98. The summed E-state index contributed by atoms with van der Waals surface area (Å²) in [6.07, 6.45) is 1.84. The van der Waals surface area contributed by atoms with Gasteiger partial charge in [0.2, 0.25) is 0 Å². The number of hydrogen-bond donors (Lipinski definition) is 1. The van der Waals surface area contributed by atoms with Gasteiger partial charge in [0.05, 0.1) is 6.61 Å². The molecule has 1 atom stereocenters. The molecule has 0 radical (unpaired) electrons. The molecule has 0 fully saturated rings. The van der Waals surface area contributed by atoms with E-state index in [-0.39, 0.29) is 12.0 Å². The van der Waals surface area contributed by atoms with Crippen molar-refractivity contribution < 1.29 is 9.53 Å². The molecule has 0 aliphatic carbocycles. The van der Waals surface area contributed by atoms with Crippen LogP contribution < -0.4 is 5.32 Å². The van der Waals surface area contributed by atoms with Crippen molar-refractivity contribution in [3.63, 3.8) is 0 Å². The highest BCUT2D eigenvalue weighted by molar-refractivity contribution is 5.75. The van der Waals surface area contributed by atoms with E-state index in [4.69, 9.17) is 4.74 Å². The third kappa shape index (κ3) is 7.37. The zero-order chi connectivity index (χ0) is 11.9. The van der Waals surface area contributed by atoms with Gasteiger partial charge in [-0.1, -0.05) is 27.7 Å². The van der Waals surface area contributed by atoms with E-state index in [1.54, 1.807) is 0 Å². The molecule has 0 aliphatic rings. The van der Waals surface area contributed by atoms with Crippen molar-refractivity contribution in [2.24, 2.45) is 5.41 Å². The maximum Gasteiger partial charge on any atom is 0.323 e. The topological polar surface area (TPSA) is 38.3 Å². The molecule has 0 rings (SSSR count). The second kappa shape index (κ2) is 6.83. The van der Waals surface area contributed by atoms with Crippen LogP contribution in [-0.2, 0) is 9.53 Å². The number of carbonyl (C=O) groups is 1. The normalized spacial score (nSPS) is 13.7. The summed E-state index contributed by atoms with van der Waals surface area (Å²) in [5.41, 5.74) is 0.306. The van der Waals surface area contributed by atoms with Gasteiger partial charge in [0.25, 0.3) is 0 Å². The summed E-state index contributed by atoms with van der Waals surface area (Å²) in [6, 6.07) is -0.146. The van der Waals surface area contributed by atoms with Crippen LogP contribution in [0.4, 0.5) is 0 Å². The van der Waals surface area contributed by atoms with Gasteiger partial charge in [-0.05, 0) is 31.7 Å². The molecule has 0 bridgehead atoms. The molecule has 0 aromatic carbocycles. The highest BCUT2D eigenvalue weighted by Crippen LogP contribution is 2.17. The van der Waals surface area contributed by atoms with Crippen molar-refractivity contribution in [3.05, 3.63) is 0 Å². The molecule has 0 aliphatic heterocycles. The van der Waals surface area contributed by atoms with Crippen LogP contribution in [0.5, 0.6) is 0 Å². The highest BCUT2D eigenvalue weighted by atomic mass is 16.5. The quantitative estimate of drug-likeness (QED) is 0.691. The summed E-state index contributed by atoms with van der Waals surface area (Å²) in [5.74, 6) is -0.131. The largest absolute Gasteiger partial charge is 0.465 e. The molecule has 90 valence electrons. The van der Waals surface area contributed by atoms with Crippen LogP contribution in [0.25, 0.3) is 0 Å². The van der Waals surface area contributed by atoms with Crippen molar-refractivity contribution in [2.45, 2.75) is 53.5 Å². The van der Waals surface area contributed by atoms with Crippen molar-refractivity contribution in [3.8, 4) is 0 Å². The van der Waals surface area contributed by atoms with E-state index < -0.39 is 0 Å². The van der Waals surface area contributed by atoms with E-state index in [9.17, 15) is 4.79 Å². The fraction of sp³-hybridized carbons (Fsp3) is 0.917. The lowest BCUT2D eigenvalue weighted by Gasteiger charge is -2.21. The molecular weight excluding hydrogens is 190 g/mol. The van der Waals surface area contributed by atoms with E-state index in [2.05, 4.69) is 26.1 Å². The predicted molar refractivity (Wildman–Crippen MR) is 62.8 cm³/mol. The first kappa shape index (κ1) is 14.4. The second-order valence-electron chi connectivity index (χ2n) is 4.98. The monoisotopic (exact) mass is 215 g/mol. The van der Waals surface area contributed by atoms with Gasteiger partial charge in [0.1, 0.15) is 6.04 Å². The Morgan fingerprint density at radius 3 is 2.33 bits per heavy atom. The number of ether oxygens (including phenoxy) is 1. The third-order valence-electron chi connectivity index (χ3n) is 2.25. The van der Waals surface area contributed by atoms with Gasteiger partial charge in [-0.3, -0.25) is 4.79 Å². The van der Waals surface area contributed by atoms with Crippen molar-refractivity contribution >= 4 is 5.97 Å². The Morgan fingerprint density at radius 2 is 1.93 bits per heavy atom. The molecule has 0 spiro atoms. The lowest BCUT2D eigenvalue weighted by molar-refractivity contribution is -0.145. The van der Waals surface area contributed by atoms with E-state index >= 15 is 0 Å². The van der Waals surface area contributed by atoms with Gasteiger partial charge in [0.15, 0.2) is 0 Å². The van der Waals surface area contributed by atoms with Crippen LogP contribution in [0.15, 0.2) is 0 Å². The first-order chi connectivity index (χ1) is 6.90. The molecular formula is C12H25NO2. The number of rotatable bonds is 6. The number of carbonyl (C=O) groups excluding carboxylic acids is 1. The fourth-order valence-corrected chi connectivity index (χ4v) is 1.26. The van der Waals surface area contributed by atoms with E-state index in [0.717, 1.165) is 19.4 Å². The number of hydrogen-bond acceptors (Lipinski definition) is 3. The standard InChI is InChI=1S/C12H25NO2/c1-6-10(11(14)15-7-2)13-9-8-12(3,4)5/h10,13H,6-9H2,1-5H3. The zero-order valence-electron chi connectivity index (χ0n) is 10.7. The van der Waals surface area contributed by atoms with Crippen LogP contribution in [0, 0.1) is 5.41 Å². The van der Waals surface area contributed by atoms with Gasteiger partial charge < -0.3 is 10.1 Å². The van der Waals surface area contributed by atoms with Crippen LogP contribution in [0.1, 0.15) is 47.5 Å². The molecule has 0 saturated carbocycles. The average Bonchev–Trinajstić information content (AvgIpc) is 2.11. The molecule has 0 saturated heterocycles. The van der Waals surface area contributed by atoms with Crippen LogP contribution in [0.3, 0.4) is 0 Å². The molecule has 1 N–H and O–H groups in total. The molecule has 3 nitrogen and oxygen atoms in total. The Morgan fingerprint density at radius 1 is 1.33 bits per heavy atom. The summed E-state index contributed by atoms with van der Waals surface area (Å²) in [4.78, 5) is 11.4. The van der Waals surface area contributed by atoms with E-state index in [1.165, 1.54) is 0 Å². The summed E-state index contributed by atoms with van der Waals surface area (Å²) in [7, 11) is 0. The number of esters is 1. The van der Waals surface area contributed by atoms with Crippen molar-refractivity contribution in [2.75, 3.05) is 13.2 Å². The van der Waals surface area contributed by atoms with Crippen molar-refractivity contribution in [1.82, 2.24) is 5.32 Å². The minimum Gasteiger partial charge on any atom is -0.465 e. The van der Waals surface area contributed by atoms with Crippen molar-refractivity contribution in [1.29, 1.82) is 0 Å². The molecule has 0 heterocycles. The second-order valence-corrected chi connectivity index (χ2v) is 4.98. The van der Waals surface area contributed by atoms with Gasteiger partial charge in [-0.15, -0.1) is 0 Å². The summed E-state index contributed by atoms with van der Waals surface area (Å²) >= 11 is 0. The smallest absolute Gasteiger partial charge is 0.323 e. The van der Waals surface area contributed by atoms with Gasteiger partial charge in [-0.25, -0.2) is 0 Å². The Balaban J connectivity index is 3.85. The Hall–Kier alpha value is -0.570. The van der Waals surface area contributed by atoms with E-state index in [0.29, 0.717) is 12.0 Å². The van der Waals surface area contributed by atoms with Crippen LogP contribution in [0.2, 0.25) is 0 Å². The van der Waals surface area contributed by atoms with Crippen LogP contribution in [-0.4, -0.2) is 25.2 Å². The predicted octanol–water partition coefficient (Wildman–Crippen LogP) is 2.35. The molecule has 0 amide bonds. The van der Waals surface area contributed by atoms with E-state index in [1.807, 2.05) is 13.8 Å². The first-order valence-corrected chi connectivity index (χ1v) is 5.80. The lowest BCUT2D eigenvalue weighted by Crippen LogP contribution is -2.39. The Kier molecular flexibility index (Phi) is 6.57. The zero-order valence-corrected chi connectivity index (χ0v) is 10.7. The maximum absolute atomic E-state index is 11.4. The summed E-state index contributed by atoms with van der Waals surface area (Å²) in [5, 5.41) is 3.24. The molecule has 0 aromatic rings. The number of nitrogens with one attached hydrogen (secondary N) is 1. The minimum absolute atomic E-state index is 0.131. The highest BCUT2D eigenvalue weighted by Gasteiger charge is 2.17. The van der Waals surface area contributed by atoms with Gasteiger partial charge >= 0.3 is 5.97 Å². The fourth-order valence-electron chi connectivity index (χ4n) is 1.26. The molecule has 1 unspecified atom stereocenters.